The SMILES string of the molecule is CC1CC=Cc2c1c1c(n2-c2cc(C3=NC(c4ccc(C(C)(C)C)cc4)NC(c4ccc(C(C)(C)C)cc4)=N3)cc(-n3c4ccccc4c4ccccc43)c2)C=CCC1. The summed E-state index contributed by atoms with van der Waals surface area (Å²) in [6.45, 7) is 15.9. The Bertz CT molecular complexity index is 2840. The Morgan fingerprint density at radius 3 is 1.86 bits per heavy atom. The first-order valence-corrected chi connectivity index (χ1v) is 21.3. The highest BCUT2D eigenvalue weighted by atomic mass is 15.2. The van der Waals surface area contributed by atoms with E-state index in [1.165, 1.54) is 55.4 Å². The lowest BCUT2D eigenvalue weighted by Crippen LogP contribution is -2.33. The van der Waals surface area contributed by atoms with Gasteiger partial charge >= 0.3 is 0 Å². The minimum absolute atomic E-state index is 0.0486. The first-order valence-electron chi connectivity index (χ1n) is 21.3. The molecule has 1 aliphatic heterocycles. The zero-order valence-electron chi connectivity index (χ0n) is 35.3. The highest BCUT2D eigenvalue weighted by Crippen LogP contribution is 2.42. The van der Waals surface area contributed by atoms with Crippen LogP contribution < -0.4 is 5.32 Å². The first kappa shape index (κ1) is 37.1. The fourth-order valence-corrected chi connectivity index (χ4v) is 9.40. The summed E-state index contributed by atoms with van der Waals surface area (Å²) in [7, 11) is 0. The molecule has 3 heterocycles. The Labute approximate surface area is 348 Å². The molecule has 3 aliphatic rings. The number of fused-ring (bicyclic) bond motifs is 6. The summed E-state index contributed by atoms with van der Waals surface area (Å²) < 4.78 is 4.93. The van der Waals surface area contributed by atoms with Crippen molar-refractivity contribution in [2.45, 2.75) is 90.6 Å². The summed E-state index contributed by atoms with van der Waals surface area (Å²) in [4.78, 5) is 10.9. The first-order chi connectivity index (χ1) is 28.4. The van der Waals surface area contributed by atoms with Crippen molar-refractivity contribution in [2.75, 3.05) is 0 Å². The minimum atomic E-state index is -0.326. The van der Waals surface area contributed by atoms with Gasteiger partial charge in [0.15, 0.2) is 5.84 Å². The van der Waals surface area contributed by atoms with Gasteiger partial charge in [0.1, 0.15) is 12.0 Å². The van der Waals surface area contributed by atoms with Gasteiger partial charge in [-0.3, -0.25) is 0 Å². The van der Waals surface area contributed by atoms with Crippen LogP contribution in [0.5, 0.6) is 0 Å². The Morgan fingerprint density at radius 2 is 1.22 bits per heavy atom. The van der Waals surface area contributed by atoms with Gasteiger partial charge in [-0.1, -0.05) is 146 Å². The number of hydrogen-bond donors (Lipinski definition) is 1. The van der Waals surface area contributed by atoms with E-state index in [9.17, 15) is 0 Å². The van der Waals surface area contributed by atoms with E-state index >= 15 is 0 Å². The second kappa shape index (κ2) is 14.0. The Balaban J connectivity index is 1.23. The fraction of sp³-hybridized carbons (Fsp3) is 0.259. The van der Waals surface area contributed by atoms with Crippen molar-refractivity contribution >= 4 is 45.6 Å². The lowest BCUT2D eigenvalue weighted by Gasteiger charge is -2.26. The summed E-state index contributed by atoms with van der Waals surface area (Å²) in [5.41, 5.74) is 15.9. The third kappa shape index (κ3) is 6.48. The Hall–Kier alpha value is -6.20. The van der Waals surface area contributed by atoms with Crippen LogP contribution in [0.15, 0.2) is 137 Å². The van der Waals surface area contributed by atoms with E-state index in [1.807, 2.05) is 0 Å². The lowest BCUT2D eigenvalue weighted by molar-refractivity contribution is 0.588. The Kier molecular flexibility index (Phi) is 8.79. The van der Waals surface area contributed by atoms with Crippen LogP contribution in [0, 0.1) is 0 Å². The maximum absolute atomic E-state index is 5.47. The molecule has 0 radical (unpaired) electrons. The van der Waals surface area contributed by atoms with E-state index in [0.717, 1.165) is 53.2 Å². The predicted molar refractivity (Wildman–Crippen MR) is 249 cm³/mol. The molecule has 0 amide bonds. The van der Waals surface area contributed by atoms with Crippen LogP contribution in [0.2, 0.25) is 0 Å². The van der Waals surface area contributed by atoms with E-state index in [0.29, 0.717) is 11.8 Å². The van der Waals surface area contributed by atoms with E-state index in [-0.39, 0.29) is 17.0 Å². The highest BCUT2D eigenvalue weighted by molar-refractivity contribution is 6.14. The molecule has 0 saturated heterocycles. The second-order valence-electron chi connectivity index (χ2n) is 18.7. The quantitative estimate of drug-likeness (QED) is 0.186. The molecule has 0 spiro atoms. The van der Waals surface area contributed by atoms with Crippen molar-refractivity contribution in [2.24, 2.45) is 9.98 Å². The van der Waals surface area contributed by atoms with Crippen LogP contribution in [-0.2, 0) is 17.3 Å². The highest BCUT2D eigenvalue weighted by Gasteiger charge is 2.29. The van der Waals surface area contributed by atoms with Crippen LogP contribution in [0.1, 0.15) is 124 Å². The smallest absolute Gasteiger partial charge is 0.159 e. The predicted octanol–water partition coefficient (Wildman–Crippen LogP) is 13.1. The van der Waals surface area contributed by atoms with Crippen LogP contribution in [-0.4, -0.2) is 20.8 Å². The number of aromatic nitrogens is 2. The zero-order valence-corrected chi connectivity index (χ0v) is 35.3. The number of hydrogen-bond acceptors (Lipinski definition) is 3. The summed E-state index contributed by atoms with van der Waals surface area (Å²) in [5, 5.41) is 6.23. The van der Waals surface area contributed by atoms with Crippen LogP contribution in [0.3, 0.4) is 0 Å². The molecule has 2 unspecified atom stereocenters. The summed E-state index contributed by atoms with van der Waals surface area (Å²) in [6, 6.07) is 42.3. The summed E-state index contributed by atoms with van der Waals surface area (Å²) >= 11 is 0. The van der Waals surface area contributed by atoms with Gasteiger partial charge in [-0.2, -0.15) is 0 Å². The van der Waals surface area contributed by atoms with Gasteiger partial charge in [0.25, 0.3) is 0 Å². The number of amidine groups is 2. The molecular formula is C54H53N5. The maximum Gasteiger partial charge on any atom is 0.159 e. The summed E-state index contributed by atoms with van der Waals surface area (Å²) in [5.74, 6) is 1.99. The molecule has 5 aromatic carbocycles. The third-order valence-corrected chi connectivity index (χ3v) is 12.6. The zero-order chi connectivity index (χ0) is 40.6. The van der Waals surface area contributed by atoms with Crippen molar-refractivity contribution in [3.63, 3.8) is 0 Å². The molecule has 2 aromatic heterocycles. The molecular weight excluding hydrogens is 719 g/mol. The van der Waals surface area contributed by atoms with Crippen LogP contribution in [0.4, 0.5) is 0 Å². The molecule has 0 fully saturated rings. The molecule has 7 aromatic rings. The number of para-hydroxylation sites is 2. The van der Waals surface area contributed by atoms with Crippen molar-refractivity contribution < 1.29 is 0 Å². The van der Waals surface area contributed by atoms with Crippen molar-refractivity contribution in [3.05, 3.63) is 178 Å². The van der Waals surface area contributed by atoms with Crippen molar-refractivity contribution in [1.29, 1.82) is 0 Å². The number of aliphatic imine (C=N–C) groups is 2. The molecule has 2 aliphatic carbocycles. The van der Waals surface area contributed by atoms with Gasteiger partial charge in [0, 0.05) is 44.7 Å². The van der Waals surface area contributed by atoms with E-state index in [1.54, 1.807) is 0 Å². The summed E-state index contributed by atoms with van der Waals surface area (Å²) in [6.07, 6.45) is 12.3. The van der Waals surface area contributed by atoms with Gasteiger partial charge in [-0.05, 0) is 106 Å². The molecule has 5 nitrogen and oxygen atoms in total. The van der Waals surface area contributed by atoms with Gasteiger partial charge in [-0.25, -0.2) is 9.98 Å². The number of benzene rings is 5. The van der Waals surface area contributed by atoms with Gasteiger partial charge in [0.05, 0.1) is 11.0 Å². The normalized spacial score (nSPS) is 17.7. The monoisotopic (exact) mass is 771 g/mol. The standard InChI is InChI=1S/C54H53N5/c1-34-15-14-22-48-49(34)44-18-10-13-21-47(44)59(48)41-32-37(31-40(33-41)58-45-19-11-8-16-42(45)43-17-9-12-20-46(43)58)52-56-50(35-23-27-38(28-24-35)53(2,3)4)55-51(57-52)36-25-29-39(30-26-36)54(5,6)7/h8-9,11-14,16-17,19-34,50H,10,15,18H2,1-7H3,(H,55,56,57). The van der Waals surface area contributed by atoms with E-state index < -0.39 is 0 Å². The van der Waals surface area contributed by atoms with E-state index in [2.05, 4.69) is 202 Å². The number of nitrogens with zero attached hydrogens (tertiary/aromatic N) is 4. The molecule has 0 saturated carbocycles. The van der Waals surface area contributed by atoms with E-state index in [4.69, 9.17) is 9.98 Å². The molecule has 1 N–H and O–H groups in total. The Morgan fingerprint density at radius 1 is 0.627 bits per heavy atom. The van der Waals surface area contributed by atoms with Crippen LogP contribution >= 0.6 is 0 Å². The molecule has 294 valence electrons. The van der Waals surface area contributed by atoms with Gasteiger partial charge in [0.2, 0.25) is 0 Å². The van der Waals surface area contributed by atoms with Crippen molar-refractivity contribution in [3.8, 4) is 11.4 Å². The van der Waals surface area contributed by atoms with Crippen molar-refractivity contribution in [1.82, 2.24) is 14.5 Å². The molecule has 10 rings (SSSR count). The average Bonchev–Trinajstić information content (AvgIpc) is 3.77. The van der Waals surface area contributed by atoms with Gasteiger partial charge < -0.3 is 14.5 Å². The molecule has 2 atom stereocenters. The largest absolute Gasteiger partial charge is 0.344 e. The minimum Gasteiger partial charge on any atom is -0.344 e. The third-order valence-electron chi connectivity index (χ3n) is 12.6. The molecule has 0 bridgehead atoms. The number of rotatable bonds is 5. The second-order valence-corrected chi connectivity index (χ2v) is 18.7. The molecule has 59 heavy (non-hydrogen) atoms. The van der Waals surface area contributed by atoms with Gasteiger partial charge in [-0.15, -0.1) is 0 Å². The number of allylic oxidation sites excluding steroid dienone is 2. The molecule has 5 heteroatoms. The lowest BCUT2D eigenvalue weighted by atomic mass is 9.86. The topological polar surface area (TPSA) is 46.6 Å². The fourth-order valence-electron chi connectivity index (χ4n) is 9.40. The maximum atomic E-state index is 5.47. The number of nitrogens with one attached hydrogen (secondary N) is 1. The van der Waals surface area contributed by atoms with Crippen LogP contribution in [0.25, 0.3) is 45.3 Å². The average molecular weight is 772 g/mol.